The summed E-state index contributed by atoms with van der Waals surface area (Å²) in [6.45, 7) is 9.71. The average molecular weight is 467 g/mol. The highest BCUT2D eigenvalue weighted by molar-refractivity contribution is 6.83. The first-order valence-electron chi connectivity index (χ1n) is 11.0. The summed E-state index contributed by atoms with van der Waals surface area (Å²) in [5, 5.41) is 0. The number of aromatic nitrogens is 2. The number of methoxy groups -OCH3 is 1. The number of carbonyl (C=O) groups excluding carboxylic acids is 1. The highest BCUT2D eigenvalue weighted by Crippen LogP contribution is 2.55. The van der Waals surface area contributed by atoms with E-state index < -0.39 is 19.9 Å². The van der Waals surface area contributed by atoms with E-state index in [0.29, 0.717) is 26.1 Å². The second-order valence-electron chi connectivity index (χ2n) is 10.1. The number of hydrogen-bond acceptors (Lipinski definition) is 6. The van der Waals surface area contributed by atoms with Gasteiger partial charge in [-0.05, 0) is 31.1 Å². The maximum atomic E-state index is 14.1. The summed E-state index contributed by atoms with van der Waals surface area (Å²) in [5.74, 6) is 3.75. The van der Waals surface area contributed by atoms with Crippen molar-refractivity contribution in [3.8, 4) is 11.5 Å². The Morgan fingerprint density at radius 2 is 1.88 bits per heavy atom. The van der Waals surface area contributed by atoms with Crippen LogP contribution in [-0.2, 0) is 15.7 Å². The van der Waals surface area contributed by atoms with Crippen molar-refractivity contribution in [2.75, 3.05) is 36.5 Å². The minimum Gasteiger partial charge on any atom is -0.469 e. The van der Waals surface area contributed by atoms with E-state index in [1.807, 2.05) is 36.4 Å². The molecule has 3 heterocycles. The molecule has 4 rings (SSSR count). The molecule has 1 saturated carbocycles. The minimum atomic E-state index is -4.62. The number of alkyl halides is 3. The van der Waals surface area contributed by atoms with Crippen molar-refractivity contribution in [3.05, 3.63) is 11.3 Å². The van der Waals surface area contributed by atoms with E-state index in [1.165, 1.54) is 7.11 Å². The highest BCUT2D eigenvalue weighted by Gasteiger charge is 2.57. The summed E-state index contributed by atoms with van der Waals surface area (Å²) < 4.78 is 47.0. The zero-order valence-electron chi connectivity index (χ0n) is 19.1. The van der Waals surface area contributed by atoms with Gasteiger partial charge < -0.3 is 14.5 Å². The number of anilines is 2. The molecule has 2 saturated heterocycles. The van der Waals surface area contributed by atoms with Crippen molar-refractivity contribution >= 4 is 25.8 Å². The predicted octanol–water partition coefficient (Wildman–Crippen LogP) is 3.57. The van der Waals surface area contributed by atoms with E-state index in [9.17, 15) is 18.0 Å². The Labute approximate surface area is 187 Å². The van der Waals surface area contributed by atoms with Crippen LogP contribution in [0, 0.1) is 29.2 Å². The number of piperidine rings is 1. The zero-order valence-corrected chi connectivity index (χ0v) is 20.1. The summed E-state index contributed by atoms with van der Waals surface area (Å²) in [4.78, 5) is 23.9. The number of hydrogen-bond donors (Lipinski definition) is 0. The zero-order chi connectivity index (χ0) is 23.4. The summed E-state index contributed by atoms with van der Waals surface area (Å²) in [6, 6.07) is 0.110. The van der Waals surface area contributed by atoms with E-state index in [4.69, 9.17) is 4.74 Å². The number of ether oxygens (including phenoxy) is 1. The molecule has 0 bridgehead atoms. The molecule has 10 heteroatoms. The van der Waals surface area contributed by atoms with Crippen LogP contribution < -0.4 is 9.80 Å². The van der Waals surface area contributed by atoms with Gasteiger partial charge in [0.1, 0.15) is 8.07 Å². The van der Waals surface area contributed by atoms with Crippen molar-refractivity contribution in [1.29, 1.82) is 0 Å². The van der Waals surface area contributed by atoms with Crippen LogP contribution >= 0.6 is 0 Å². The van der Waals surface area contributed by atoms with Crippen molar-refractivity contribution in [2.24, 2.45) is 17.8 Å². The van der Waals surface area contributed by atoms with Gasteiger partial charge in [-0.2, -0.15) is 18.2 Å². The Hall–Kier alpha value is -2.28. The molecule has 4 atom stereocenters. The van der Waals surface area contributed by atoms with E-state index in [0.717, 1.165) is 6.42 Å². The Kier molecular flexibility index (Phi) is 5.68. The Balaban J connectivity index is 1.72. The van der Waals surface area contributed by atoms with Gasteiger partial charge in [0.25, 0.3) is 0 Å². The lowest BCUT2D eigenvalue weighted by molar-refractivity contribution is -0.142. The molecular weight excluding hydrogens is 437 g/mol. The quantitative estimate of drug-likeness (QED) is 0.384. The van der Waals surface area contributed by atoms with Crippen LogP contribution in [0.15, 0.2) is 0 Å². The van der Waals surface area contributed by atoms with Crippen LogP contribution in [-0.4, -0.2) is 56.8 Å². The van der Waals surface area contributed by atoms with Crippen LogP contribution in [0.5, 0.6) is 0 Å². The lowest BCUT2D eigenvalue weighted by Gasteiger charge is -2.39. The Morgan fingerprint density at radius 3 is 2.34 bits per heavy atom. The predicted molar refractivity (Wildman–Crippen MR) is 118 cm³/mol. The minimum absolute atomic E-state index is 0.110. The van der Waals surface area contributed by atoms with Gasteiger partial charge in [0.15, 0.2) is 11.5 Å². The van der Waals surface area contributed by atoms with Crippen molar-refractivity contribution in [3.63, 3.8) is 0 Å². The molecule has 0 radical (unpaired) electrons. The van der Waals surface area contributed by atoms with Gasteiger partial charge in [-0.3, -0.25) is 4.79 Å². The van der Waals surface area contributed by atoms with Crippen LogP contribution in [0.4, 0.5) is 24.9 Å². The molecule has 1 aliphatic carbocycles. The second-order valence-corrected chi connectivity index (χ2v) is 14.8. The van der Waals surface area contributed by atoms with Gasteiger partial charge in [-0.1, -0.05) is 25.6 Å². The third-order valence-corrected chi connectivity index (χ3v) is 7.46. The first kappa shape index (κ1) is 22.9. The molecule has 0 N–H and O–H groups in total. The first-order valence-corrected chi connectivity index (χ1v) is 14.5. The topological polar surface area (TPSA) is 58.6 Å². The van der Waals surface area contributed by atoms with Gasteiger partial charge in [0, 0.05) is 32.1 Å². The SMILES string of the molecule is COC(=O)C[C@@H]1[C@H]2CN(c3nc(N4CC[C@@H]4C)nc(C(F)(F)F)c3C#C[Si](C)(C)C)C[C@@H]12. The molecule has 6 nitrogen and oxygen atoms in total. The van der Waals surface area contributed by atoms with Gasteiger partial charge in [-0.25, -0.2) is 4.98 Å². The second kappa shape index (κ2) is 7.94. The molecule has 0 unspecified atom stereocenters. The molecular formula is C22H29F3N4O2Si. The Morgan fingerprint density at radius 1 is 1.22 bits per heavy atom. The number of halogens is 3. The molecule has 1 aromatic rings. The molecule has 2 aliphatic heterocycles. The molecule has 3 fully saturated rings. The molecule has 1 aromatic heterocycles. The molecule has 0 spiro atoms. The van der Waals surface area contributed by atoms with Gasteiger partial charge >= 0.3 is 12.1 Å². The number of nitrogens with zero attached hydrogens (tertiary/aromatic N) is 4. The van der Waals surface area contributed by atoms with Crippen LogP contribution in [0.1, 0.15) is 31.0 Å². The maximum Gasteiger partial charge on any atom is 0.434 e. The molecule has 0 amide bonds. The molecule has 32 heavy (non-hydrogen) atoms. The van der Waals surface area contributed by atoms with Crippen molar-refractivity contribution < 1.29 is 22.7 Å². The molecule has 3 aliphatic rings. The normalized spacial score (nSPS) is 26.8. The molecule has 0 aromatic carbocycles. The molecule has 174 valence electrons. The first-order chi connectivity index (χ1) is 14.9. The van der Waals surface area contributed by atoms with Crippen LogP contribution in [0.25, 0.3) is 0 Å². The largest absolute Gasteiger partial charge is 0.469 e. The fourth-order valence-electron chi connectivity index (χ4n) is 4.58. The fraction of sp³-hybridized carbons (Fsp3) is 0.682. The van der Waals surface area contributed by atoms with Crippen molar-refractivity contribution in [2.45, 2.75) is 51.6 Å². The van der Waals surface area contributed by atoms with E-state index in [2.05, 4.69) is 21.4 Å². The lowest BCUT2D eigenvalue weighted by Crippen LogP contribution is -2.47. The summed E-state index contributed by atoms with van der Waals surface area (Å²) in [7, 11) is -0.560. The maximum absolute atomic E-state index is 14.1. The number of carbonyl (C=O) groups is 1. The van der Waals surface area contributed by atoms with E-state index in [1.54, 1.807) is 0 Å². The fourth-order valence-corrected chi connectivity index (χ4v) is 5.08. The highest BCUT2D eigenvalue weighted by atomic mass is 28.3. The van der Waals surface area contributed by atoms with Crippen molar-refractivity contribution in [1.82, 2.24) is 9.97 Å². The lowest BCUT2D eigenvalue weighted by atomic mass is 10.1. The standard InChI is InChI=1S/C22H29F3N4O2Si/c1-13-6-8-29(13)21-26-19(22(23,24)25)14(7-9-32(3,4)5)20(27-21)28-11-16-15(17(16)12-28)10-18(30)31-2/h13,15-17H,6,8,10-12H2,1-5H3/t13-,15-,16-,17+/m0/s1. The van der Waals surface area contributed by atoms with Gasteiger partial charge in [-0.15, -0.1) is 5.54 Å². The van der Waals surface area contributed by atoms with Gasteiger partial charge in [0.2, 0.25) is 5.95 Å². The van der Waals surface area contributed by atoms with E-state index >= 15 is 0 Å². The van der Waals surface area contributed by atoms with Crippen LogP contribution in [0.3, 0.4) is 0 Å². The summed E-state index contributed by atoms with van der Waals surface area (Å²) in [6.07, 6.45) is -3.36. The Bertz CT molecular complexity index is 970. The smallest absolute Gasteiger partial charge is 0.434 e. The third-order valence-electron chi connectivity index (χ3n) is 6.59. The monoisotopic (exact) mass is 466 g/mol. The van der Waals surface area contributed by atoms with E-state index in [-0.39, 0.29) is 47.1 Å². The van der Waals surface area contributed by atoms with Gasteiger partial charge in [0.05, 0.1) is 12.7 Å². The summed E-state index contributed by atoms with van der Waals surface area (Å²) >= 11 is 0. The average Bonchev–Trinajstić information content (AvgIpc) is 3.11. The number of esters is 1. The third kappa shape index (κ3) is 4.44. The number of rotatable bonds is 4. The summed E-state index contributed by atoms with van der Waals surface area (Å²) in [5.41, 5.74) is 2.00. The van der Waals surface area contributed by atoms with Crippen LogP contribution in [0.2, 0.25) is 19.6 Å². The number of fused-ring (bicyclic) bond motifs is 1.